The van der Waals surface area contributed by atoms with Gasteiger partial charge in [-0.15, -0.1) is 0 Å². The predicted octanol–water partition coefficient (Wildman–Crippen LogP) is 2.47. The van der Waals surface area contributed by atoms with Crippen molar-refractivity contribution in [3.63, 3.8) is 0 Å². The summed E-state index contributed by atoms with van der Waals surface area (Å²) in [6, 6.07) is 0. The van der Waals surface area contributed by atoms with Gasteiger partial charge in [0.2, 0.25) is 0 Å². The van der Waals surface area contributed by atoms with E-state index in [4.69, 9.17) is 10.8 Å². The van der Waals surface area contributed by atoms with E-state index in [2.05, 4.69) is 11.8 Å². The third kappa shape index (κ3) is 5.11. The molecule has 1 saturated heterocycles. The highest BCUT2D eigenvalue weighted by atomic mass is 16.4. The van der Waals surface area contributed by atoms with Crippen LogP contribution in [0.1, 0.15) is 58.8 Å². The lowest BCUT2D eigenvalue weighted by Crippen LogP contribution is -2.47. The Hall–Kier alpha value is -0.610. The molecule has 1 aliphatic heterocycles. The van der Waals surface area contributed by atoms with Gasteiger partial charge in [-0.3, -0.25) is 4.79 Å². The van der Waals surface area contributed by atoms with Gasteiger partial charge in [-0.2, -0.15) is 0 Å². The van der Waals surface area contributed by atoms with E-state index in [9.17, 15) is 4.79 Å². The molecule has 112 valence electrons. The first-order valence-corrected chi connectivity index (χ1v) is 7.76. The number of rotatable bonds is 7. The minimum Gasteiger partial charge on any atom is -0.480 e. The number of carbonyl (C=O) groups is 1. The molecule has 1 aliphatic rings. The second-order valence-corrected chi connectivity index (χ2v) is 5.97. The lowest BCUT2D eigenvalue weighted by atomic mass is 9.92. The molecular formula is C15H30N2O2. The molecule has 4 nitrogen and oxygen atoms in total. The molecule has 0 spiro atoms. The Bertz CT molecular complexity index is 283. The van der Waals surface area contributed by atoms with Crippen molar-refractivity contribution in [2.24, 2.45) is 11.7 Å². The minimum absolute atomic E-state index is 0.500. The fourth-order valence-electron chi connectivity index (χ4n) is 2.91. The van der Waals surface area contributed by atoms with Gasteiger partial charge in [0.05, 0.1) is 0 Å². The van der Waals surface area contributed by atoms with E-state index >= 15 is 0 Å². The Morgan fingerprint density at radius 3 is 2.68 bits per heavy atom. The van der Waals surface area contributed by atoms with Gasteiger partial charge in [0.15, 0.2) is 0 Å². The molecule has 1 rings (SSSR count). The number of aliphatic carboxylic acids is 1. The molecule has 0 aromatic rings. The van der Waals surface area contributed by atoms with Crippen LogP contribution in [0, 0.1) is 5.92 Å². The first-order valence-electron chi connectivity index (χ1n) is 7.76. The van der Waals surface area contributed by atoms with Crippen molar-refractivity contribution in [1.29, 1.82) is 0 Å². The van der Waals surface area contributed by atoms with Crippen molar-refractivity contribution < 1.29 is 9.90 Å². The monoisotopic (exact) mass is 270 g/mol. The van der Waals surface area contributed by atoms with Crippen LogP contribution in [0.2, 0.25) is 0 Å². The number of carboxylic acids is 1. The van der Waals surface area contributed by atoms with Crippen molar-refractivity contribution >= 4 is 5.97 Å². The first-order chi connectivity index (χ1) is 9.01. The fraction of sp³-hybridized carbons (Fsp3) is 0.933. The second-order valence-electron chi connectivity index (χ2n) is 5.97. The van der Waals surface area contributed by atoms with Gasteiger partial charge in [-0.25, -0.2) is 0 Å². The Labute approximate surface area is 117 Å². The third-order valence-electron chi connectivity index (χ3n) is 4.67. The summed E-state index contributed by atoms with van der Waals surface area (Å²) in [4.78, 5) is 13.6. The summed E-state index contributed by atoms with van der Waals surface area (Å²) < 4.78 is 0. The Balaban J connectivity index is 2.31. The largest absolute Gasteiger partial charge is 0.480 e. The Morgan fingerprint density at radius 1 is 1.37 bits per heavy atom. The summed E-state index contributed by atoms with van der Waals surface area (Å²) in [5, 5.41) is 9.14. The van der Waals surface area contributed by atoms with E-state index in [0.29, 0.717) is 12.8 Å². The SMILES string of the molecule is CCC1CCCN(CCCC(N)(CC)C(=O)O)CC1. The number of hydrogen-bond donors (Lipinski definition) is 2. The van der Waals surface area contributed by atoms with Crippen LogP contribution >= 0.6 is 0 Å². The standard InChI is InChI=1S/C15H30N2O2/c1-3-13-7-5-10-17(12-8-13)11-6-9-15(16,4-2)14(18)19/h13H,3-12,16H2,1-2H3,(H,18,19). The lowest BCUT2D eigenvalue weighted by Gasteiger charge is -2.25. The van der Waals surface area contributed by atoms with Crippen LogP contribution < -0.4 is 5.73 Å². The second kappa shape index (κ2) is 7.85. The molecule has 1 fully saturated rings. The van der Waals surface area contributed by atoms with E-state index < -0.39 is 11.5 Å². The van der Waals surface area contributed by atoms with Gasteiger partial charge in [0, 0.05) is 0 Å². The average Bonchev–Trinajstić information content (AvgIpc) is 2.63. The molecule has 3 N–H and O–H groups in total. The molecular weight excluding hydrogens is 240 g/mol. The Kier molecular flexibility index (Phi) is 6.80. The zero-order chi connectivity index (χ0) is 14.3. The van der Waals surface area contributed by atoms with Crippen molar-refractivity contribution in [3.05, 3.63) is 0 Å². The summed E-state index contributed by atoms with van der Waals surface area (Å²) in [5.41, 5.74) is 4.88. The zero-order valence-electron chi connectivity index (χ0n) is 12.5. The molecule has 0 saturated carbocycles. The lowest BCUT2D eigenvalue weighted by molar-refractivity contribution is -0.143. The van der Waals surface area contributed by atoms with Crippen LogP contribution in [0.15, 0.2) is 0 Å². The number of hydrogen-bond acceptors (Lipinski definition) is 3. The van der Waals surface area contributed by atoms with E-state index in [-0.39, 0.29) is 0 Å². The number of nitrogens with two attached hydrogens (primary N) is 1. The summed E-state index contributed by atoms with van der Waals surface area (Å²) in [5.74, 6) is 0.0187. The number of nitrogens with zero attached hydrogens (tertiary/aromatic N) is 1. The highest BCUT2D eigenvalue weighted by Gasteiger charge is 2.31. The Morgan fingerprint density at radius 2 is 2.11 bits per heavy atom. The average molecular weight is 270 g/mol. The van der Waals surface area contributed by atoms with Gasteiger partial charge < -0.3 is 15.7 Å². The van der Waals surface area contributed by atoms with Gasteiger partial charge >= 0.3 is 5.97 Å². The highest BCUT2D eigenvalue weighted by molar-refractivity contribution is 5.78. The maximum absolute atomic E-state index is 11.1. The molecule has 4 heteroatoms. The smallest absolute Gasteiger partial charge is 0.323 e. The topological polar surface area (TPSA) is 66.6 Å². The number of carboxylic acid groups (broad SMARTS) is 1. The summed E-state index contributed by atoms with van der Waals surface area (Å²) in [6.07, 6.45) is 7.16. The molecule has 0 amide bonds. The summed E-state index contributed by atoms with van der Waals surface area (Å²) in [7, 11) is 0. The van der Waals surface area contributed by atoms with Crippen LogP contribution in [-0.2, 0) is 4.79 Å². The van der Waals surface area contributed by atoms with Crippen molar-refractivity contribution in [2.45, 2.75) is 64.3 Å². The quantitative estimate of drug-likeness (QED) is 0.746. The summed E-state index contributed by atoms with van der Waals surface area (Å²) >= 11 is 0. The number of likely N-dealkylation sites (tertiary alicyclic amines) is 1. The van der Waals surface area contributed by atoms with Crippen molar-refractivity contribution in [2.75, 3.05) is 19.6 Å². The third-order valence-corrected chi connectivity index (χ3v) is 4.67. The van der Waals surface area contributed by atoms with E-state index in [1.807, 2.05) is 6.92 Å². The van der Waals surface area contributed by atoms with E-state index in [1.165, 1.54) is 25.7 Å². The van der Waals surface area contributed by atoms with Gasteiger partial charge in [0.25, 0.3) is 0 Å². The normalized spacial score (nSPS) is 24.7. The maximum Gasteiger partial charge on any atom is 0.323 e. The molecule has 0 bridgehead atoms. The molecule has 1 heterocycles. The molecule has 0 radical (unpaired) electrons. The van der Waals surface area contributed by atoms with E-state index in [1.54, 1.807) is 0 Å². The zero-order valence-corrected chi connectivity index (χ0v) is 12.5. The van der Waals surface area contributed by atoms with Crippen LogP contribution in [0.5, 0.6) is 0 Å². The van der Waals surface area contributed by atoms with E-state index in [0.717, 1.165) is 32.0 Å². The molecule has 2 atom stereocenters. The van der Waals surface area contributed by atoms with Crippen LogP contribution in [0.4, 0.5) is 0 Å². The molecule has 2 unspecified atom stereocenters. The summed E-state index contributed by atoms with van der Waals surface area (Å²) in [6.45, 7) is 7.44. The van der Waals surface area contributed by atoms with Gasteiger partial charge in [0.1, 0.15) is 5.54 Å². The molecule has 0 aromatic carbocycles. The predicted molar refractivity (Wildman–Crippen MR) is 78.2 cm³/mol. The molecule has 0 aliphatic carbocycles. The van der Waals surface area contributed by atoms with Crippen LogP contribution in [0.3, 0.4) is 0 Å². The van der Waals surface area contributed by atoms with Gasteiger partial charge in [-0.1, -0.05) is 20.3 Å². The molecule has 0 aromatic heterocycles. The maximum atomic E-state index is 11.1. The fourth-order valence-corrected chi connectivity index (χ4v) is 2.91. The van der Waals surface area contributed by atoms with Crippen molar-refractivity contribution in [1.82, 2.24) is 4.90 Å². The molecule has 19 heavy (non-hydrogen) atoms. The highest BCUT2D eigenvalue weighted by Crippen LogP contribution is 2.21. The van der Waals surface area contributed by atoms with Crippen molar-refractivity contribution in [3.8, 4) is 0 Å². The van der Waals surface area contributed by atoms with Gasteiger partial charge in [-0.05, 0) is 64.1 Å². The minimum atomic E-state index is -1.03. The van der Waals surface area contributed by atoms with Crippen LogP contribution in [0.25, 0.3) is 0 Å². The van der Waals surface area contributed by atoms with Crippen LogP contribution in [-0.4, -0.2) is 41.1 Å². The first kappa shape index (κ1) is 16.4.